The number of nitrogens with zero attached hydrogens (tertiary/aromatic N) is 2. The fraction of sp³-hybridized carbons (Fsp3) is 0.643. The third-order valence-corrected chi connectivity index (χ3v) is 2.79. The van der Waals surface area contributed by atoms with Crippen LogP contribution in [0.15, 0.2) is 23.2 Å². The van der Waals surface area contributed by atoms with Crippen molar-refractivity contribution in [3.05, 3.63) is 30.2 Å². The lowest BCUT2D eigenvalue weighted by atomic mass is 10.2. The van der Waals surface area contributed by atoms with Crippen LogP contribution < -0.4 is 5.32 Å². The van der Waals surface area contributed by atoms with Gasteiger partial charge in [-0.2, -0.15) is 0 Å². The van der Waals surface area contributed by atoms with Crippen LogP contribution in [0.4, 0.5) is 0 Å². The Morgan fingerprint density at radius 1 is 1.56 bits per heavy atom. The number of nitrogens with one attached hydrogen (secondary N) is 1. The van der Waals surface area contributed by atoms with E-state index in [1.807, 2.05) is 12.1 Å². The van der Waals surface area contributed by atoms with E-state index in [0.717, 1.165) is 44.1 Å². The van der Waals surface area contributed by atoms with Crippen LogP contribution in [0.1, 0.15) is 38.6 Å². The molecule has 4 heteroatoms. The molecule has 4 nitrogen and oxygen atoms in total. The second-order valence-corrected chi connectivity index (χ2v) is 4.77. The standard InChI is InChI=1S/C14H25N3O/c1-5-7-15-10-13-9-14(18-16-13)11-17(8-6-2)12(3)4/h6,9,12,15H,2,5,7-8,10-11H2,1,3-4H3. The summed E-state index contributed by atoms with van der Waals surface area (Å²) >= 11 is 0. The van der Waals surface area contributed by atoms with Crippen LogP contribution >= 0.6 is 0 Å². The van der Waals surface area contributed by atoms with Crippen molar-refractivity contribution in [3.63, 3.8) is 0 Å². The Morgan fingerprint density at radius 2 is 2.33 bits per heavy atom. The average molecular weight is 251 g/mol. The van der Waals surface area contributed by atoms with Gasteiger partial charge in [0.2, 0.25) is 0 Å². The molecule has 102 valence electrons. The number of hydrogen-bond acceptors (Lipinski definition) is 4. The summed E-state index contributed by atoms with van der Waals surface area (Å²) in [7, 11) is 0. The fourth-order valence-electron chi connectivity index (χ4n) is 1.73. The first kappa shape index (κ1) is 14.9. The Labute approximate surface area is 110 Å². The first-order chi connectivity index (χ1) is 8.67. The summed E-state index contributed by atoms with van der Waals surface area (Å²) in [5, 5.41) is 7.38. The van der Waals surface area contributed by atoms with Crippen LogP contribution in [0, 0.1) is 0 Å². The van der Waals surface area contributed by atoms with Gasteiger partial charge >= 0.3 is 0 Å². The van der Waals surface area contributed by atoms with Gasteiger partial charge in [-0.25, -0.2) is 0 Å². The van der Waals surface area contributed by atoms with E-state index < -0.39 is 0 Å². The quantitative estimate of drug-likeness (QED) is 0.541. The second kappa shape index (κ2) is 8.06. The number of hydrogen-bond donors (Lipinski definition) is 1. The van der Waals surface area contributed by atoms with E-state index in [2.05, 4.69) is 42.7 Å². The number of rotatable bonds is 9. The molecule has 0 aliphatic heterocycles. The van der Waals surface area contributed by atoms with Crippen molar-refractivity contribution in [2.45, 2.75) is 46.3 Å². The normalized spacial score (nSPS) is 11.4. The van der Waals surface area contributed by atoms with Crippen molar-refractivity contribution < 1.29 is 4.52 Å². The van der Waals surface area contributed by atoms with Gasteiger partial charge in [-0.05, 0) is 26.8 Å². The molecule has 0 aliphatic carbocycles. The van der Waals surface area contributed by atoms with E-state index in [4.69, 9.17) is 4.52 Å². The molecule has 0 bridgehead atoms. The predicted octanol–water partition coefficient (Wildman–Crippen LogP) is 2.57. The Balaban J connectivity index is 2.48. The van der Waals surface area contributed by atoms with Gasteiger partial charge < -0.3 is 9.84 Å². The average Bonchev–Trinajstić information content (AvgIpc) is 2.76. The molecule has 1 aromatic rings. The van der Waals surface area contributed by atoms with Gasteiger partial charge in [-0.1, -0.05) is 18.2 Å². The van der Waals surface area contributed by atoms with Gasteiger partial charge in [0.1, 0.15) is 0 Å². The second-order valence-electron chi connectivity index (χ2n) is 4.77. The van der Waals surface area contributed by atoms with Crippen LogP contribution in [0.5, 0.6) is 0 Å². The van der Waals surface area contributed by atoms with E-state index >= 15 is 0 Å². The molecule has 0 amide bonds. The molecule has 0 unspecified atom stereocenters. The molecule has 0 saturated heterocycles. The van der Waals surface area contributed by atoms with Crippen LogP contribution in [-0.2, 0) is 13.1 Å². The smallest absolute Gasteiger partial charge is 0.151 e. The van der Waals surface area contributed by atoms with Crippen molar-refractivity contribution in [1.29, 1.82) is 0 Å². The summed E-state index contributed by atoms with van der Waals surface area (Å²) in [5.74, 6) is 0.916. The van der Waals surface area contributed by atoms with E-state index in [1.54, 1.807) is 0 Å². The van der Waals surface area contributed by atoms with E-state index in [0.29, 0.717) is 6.04 Å². The molecule has 0 aromatic carbocycles. The van der Waals surface area contributed by atoms with Crippen molar-refractivity contribution in [3.8, 4) is 0 Å². The number of aromatic nitrogens is 1. The van der Waals surface area contributed by atoms with Crippen molar-refractivity contribution in [2.24, 2.45) is 0 Å². The van der Waals surface area contributed by atoms with Crippen molar-refractivity contribution in [2.75, 3.05) is 13.1 Å². The third-order valence-electron chi connectivity index (χ3n) is 2.79. The maximum atomic E-state index is 5.36. The zero-order chi connectivity index (χ0) is 13.4. The topological polar surface area (TPSA) is 41.3 Å². The first-order valence-corrected chi connectivity index (χ1v) is 6.67. The molecular formula is C14H25N3O. The maximum Gasteiger partial charge on any atom is 0.151 e. The molecule has 0 spiro atoms. The molecular weight excluding hydrogens is 226 g/mol. The maximum absolute atomic E-state index is 5.36. The van der Waals surface area contributed by atoms with Gasteiger partial charge in [0, 0.05) is 25.2 Å². The molecule has 0 atom stereocenters. The molecule has 1 aromatic heterocycles. The fourth-order valence-corrected chi connectivity index (χ4v) is 1.73. The Hall–Kier alpha value is -1.13. The molecule has 1 rings (SSSR count). The summed E-state index contributed by atoms with van der Waals surface area (Å²) in [6, 6.07) is 2.50. The molecule has 0 saturated carbocycles. The van der Waals surface area contributed by atoms with Gasteiger partial charge in [-0.3, -0.25) is 4.90 Å². The minimum atomic E-state index is 0.467. The van der Waals surface area contributed by atoms with E-state index in [9.17, 15) is 0 Å². The van der Waals surface area contributed by atoms with Crippen LogP contribution in [-0.4, -0.2) is 29.2 Å². The van der Waals surface area contributed by atoms with Gasteiger partial charge in [-0.15, -0.1) is 6.58 Å². The van der Waals surface area contributed by atoms with Gasteiger partial charge in [0.25, 0.3) is 0 Å². The lowest BCUT2D eigenvalue weighted by Gasteiger charge is -2.23. The zero-order valence-electron chi connectivity index (χ0n) is 11.8. The Morgan fingerprint density at radius 3 is 2.94 bits per heavy atom. The lowest BCUT2D eigenvalue weighted by Crippen LogP contribution is -2.30. The monoisotopic (exact) mass is 251 g/mol. The minimum absolute atomic E-state index is 0.467. The molecule has 1 N–H and O–H groups in total. The van der Waals surface area contributed by atoms with Crippen molar-refractivity contribution in [1.82, 2.24) is 15.4 Å². The van der Waals surface area contributed by atoms with Gasteiger partial charge in [0.15, 0.2) is 5.76 Å². The molecule has 0 radical (unpaired) electrons. The summed E-state index contributed by atoms with van der Waals surface area (Å²) < 4.78 is 5.36. The molecule has 0 aliphatic rings. The highest BCUT2D eigenvalue weighted by Crippen LogP contribution is 2.10. The summed E-state index contributed by atoms with van der Waals surface area (Å²) in [5.41, 5.74) is 0.973. The highest BCUT2D eigenvalue weighted by molar-refractivity contribution is 5.05. The van der Waals surface area contributed by atoms with Crippen molar-refractivity contribution >= 4 is 0 Å². The Bertz CT molecular complexity index is 347. The van der Waals surface area contributed by atoms with Gasteiger partial charge in [0.05, 0.1) is 12.2 Å². The zero-order valence-corrected chi connectivity index (χ0v) is 11.8. The summed E-state index contributed by atoms with van der Waals surface area (Å²) in [4.78, 5) is 2.29. The largest absolute Gasteiger partial charge is 0.360 e. The predicted molar refractivity (Wildman–Crippen MR) is 74.2 cm³/mol. The Kier molecular flexibility index (Phi) is 6.68. The third kappa shape index (κ3) is 5.02. The highest BCUT2D eigenvalue weighted by atomic mass is 16.5. The van der Waals surface area contributed by atoms with E-state index in [-0.39, 0.29) is 0 Å². The SMILES string of the molecule is C=CCN(Cc1cc(CNCCC)no1)C(C)C. The molecule has 18 heavy (non-hydrogen) atoms. The summed E-state index contributed by atoms with van der Waals surface area (Å²) in [6.07, 6.45) is 3.05. The van der Waals surface area contributed by atoms with E-state index in [1.165, 1.54) is 0 Å². The highest BCUT2D eigenvalue weighted by Gasteiger charge is 2.12. The lowest BCUT2D eigenvalue weighted by molar-refractivity contribution is 0.208. The molecule has 1 heterocycles. The first-order valence-electron chi connectivity index (χ1n) is 6.67. The van der Waals surface area contributed by atoms with Crippen LogP contribution in [0.3, 0.4) is 0 Å². The summed E-state index contributed by atoms with van der Waals surface area (Å²) in [6.45, 7) is 13.7. The molecule has 0 fully saturated rings. The van der Waals surface area contributed by atoms with Crippen LogP contribution in [0.2, 0.25) is 0 Å². The minimum Gasteiger partial charge on any atom is -0.360 e. The van der Waals surface area contributed by atoms with Crippen LogP contribution in [0.25, 0.3) is 0 Å².